The lowest BCUT2D eigenvalue weighted by molar-refractivity contribution is -0.131. The summed E-state index contributed by atoms with van der Waals surface area (Å²) >= 11 is 0. The summed E-state index contributed by atoms with van der Waals surface area (Å²) in [6, 6.07) is 23.5. The van der Waals surface area contributed by atoms with Crippen molar-refractivity contribution in [1.29, 1.82) is 0 Å². The molecule has 45 heavy (non-hydrogen) atoms. The minimum atomic E-state index is -1.17. The third kappa shape index (κ3) is 4.23. The molecular formula is C37H34N2O6. The van der Waals surface area contributed by atoms with Crippen LogP contribution < -0.4 is 14.5 Å². The van der Waals surface area contributed by atoms with Gasteiger partial charge in [-0.1, -0.05) is 72.8 Å². The number of imide groups is 2. The van der Waals surface area contributed by atoms with Gasteiger partial charge in [-0.05, 0) is 61.6 Å². The van der Waals surface area contributed by atoms with Gasteiger partial charge in [0.2, 0.25) is 23.6 Å². The van der Waals surface area contributed by atoms with E-state index in [0.717, 1.165) is 16.7 Å². The second-order valence-electron chi connectivity index (χ2n) is 12.4. The zero-order valence-corrected chi connectivity index (χ0v) is 25.0. The fourth-order valence-electron chi connectivity index (χ4n) is 8.20. The quantitative estimate of drug-likeness (QED) is 0.297. The van der Waals surface area contributed by atoms with Gasteiger partial charge in [0.25, 0.3) is 0 Å². The molecule has 0 aromatic heterocycles. The lowest BCUT2D eigenvalue weighted by atomic mass is 9.51. The average Bonchev–Trinajstić information content (AvgIpc) is 3.43. The second kappa shape index (κ2) is 11.0. The van der Waals surface area contributed by atoms with Gasteiger partial charge in [0.05, 0.1) is 41.2 Å². The summed E-state index contributed by atoms with van der Waals surface area (Å²) in [5.41, 5.74) is 2.32. The van der Waals surface area contributed by atoms with Crippen LogP contribution in [0, 0.1) is 29.1 Å². The first-order chi connectivity index (χ1) is 21.8. The number of aliphatic hydroxyl groups excluding tert-OH is 1. The lowest BCUT2D eigenvalue weighted by Gasteiger charge is -2.49. The molecule has 2 heterocycles. The maximum absolute atomic E-state index is 14.6. The van der Waals surface area contributed by atoms with E-state index in [1.165, 1.54) is 9.80 Å². The Kier molecular flexibility index (Phi) is 7.05. The highest BCUT2D eigenvalue weighted by Crippen LogP contribution is 2.64. The van der Waals surface area contributed by atoms with Crippen molar-refractivity contribution < 1.29 is 29.0 Å². The van der Waals surface area contributed by atoms with Gasteiger partial charge in [-0.15, -0.1) is 0 Å². The molecule has 2 aliphatic carbocycles. The molecule has 228 valence electrons. The van der Waals surface area contributed by atoms with Crippen molar-refractivity contribution in [1.82, 2.24) is 0 Å². The Morgan fingerprint density at radius 3 is 2.27 bits per heavy atom. The minimum Gasteiger partial charge on any atom is -0.491 e. The first-order valence-electron chi connectivity index (χ1n) is 15.4. The molecule has 7 rings (SSSR count). The summed E-state index contributed by atoms with van der Waals surface area (Å²) in [4.78, 5) is 59.5. The second-order valence-corrected chi connectivity index (χ2v) is 12.4. The molecular weight excluding hydrogens is 568 g/mol. The molecule has 0 radical (unpaired) electrons. The number of rotatable bonds is 7. The molecule has 3 aromatic rings. The summed E-state index contributed by atoms with van der Waals surface area (Å²) in [6.45, 7) is 5.51. The number of carbonyl (C=O) groups excluding carboxylic acids is 4. The Morgan fingerprint density at radius 1 is 0.867 bits per heavy atom. The molecule has 8 nitrogen and oxygen atoms in total. The smallest absolute Gasteiger partial charge is 0.241 e. The first-order valence-corrected chi connectivity index (χ1v) is 15.4. The number of fused-ring (bicyclic) bond motifs is 4. The molecule has 1 N–H and O–H groups in total. The molecule has 0 bridgehead atoms. The number of para-hydroxylation sites is 2. The summed E-state index contributed by atoms with van der Waals surface area (Å²) in [7, 11) is 0. The topological polar surface area (TPSA) is 104 Å². The van der Waals surface area contributed by atoms with Crippen molar-refractivity contribution in [2.75, 3.05) is 23.0 Å². The van der Waals surface area contributed by atoms with Gasteiger partial charge in [-0.2, -0.15) is 0 Å². The molecule has 2 saturated heterocycles. The zero-order chi connectivity index (χ0) is 31.5. The number of nitrogens with zero attached hydrogens (tertiary/aromatic N) is 2. The van der Waals surface area contributed by atoms with E-state index in [2.05, 4.69) is 6.58 Å². The van der Waals surface area contributed by atoms with Crippen molar-refractivity contribution in [3.05, 3.63) is 108 Å². The summed E-state index contributed by atoms with van der Waals surface area (Å²) in [6.07, 6.45) is 4.35. The largest absolute Gasteiger partial charge is 0.491 e. The molecule has 0 unspecified atom stereocenters. The van der Waals surface area contributed by atoms with Crippen LogP contribution in [-0.4, -0.2) is 41.9 Å². The van der Waals surface area contributed by atoms with E-state index >= 15 is 0 Å². The van der Waals surface area contributed by atoms with Gasteiger partial charge in [0.1, 0.15) is 12.4 Å². The van der Waals surface area contributed by atoms with Crippen molar-refractivity contribution in [2.24, 2.45) is 29.1 Å². The zero-order valence-electron chi connectivity index (χ0n) is 25.0. The summed E-state index contributed by atoms with van der Waals surface area (Å²) in [5, 5.41) is 9.54. The molecule has 3 fully saturated rings. The van der Waals surface area contributed by atoms with Gasteiger partial charge in [-0.25, -0.2) is 4.90 Å². The van der Waals surface area contributed by atoms with E-state index in [1.807, 2.05) is 49.4 Å². The number of anilines is 2. The lowest BCUT2D eigenvalue weighted by Crippen LogP contribution is -2.49. The van der Waals surface area contributed by atoms with Crippen LogP contribution in [0.3, 0.4) is 0 Å². The summed E-state index contributed by atoms with van der Waals surface area (Å²) < 4.78 is 5.98. The van der Waals surface area contributed by atoms with Crippen LogP contribution in [-0.2, 0) is 19.2 Å². The average molecular weight is 603 g/mol. The van der Waals surface area contributed by atoms with Crippen LogP contribution in [0.2, 0.25) is 0 Å². The number of allylic oxidation sites excluding steroid dienone is 2. The number of ether oxygens (including phenoxy) is 1. The minimum absolute atomic E-state index is 0.0622. The predicted molar refractivity (Wildman–Crippen MR) is 169 cm³/mol. The number of amides is 4. The Morgan fingerprint density at radius 2 is 1.56 bits per heavy atom. The number of carbonyl (C=O) groups is 4. The predicted octanol–water partition coefficient (Wildman–Crippen LogP) is 5.14. The Balaban J connectivity index is 1.36. The molecule has 6 atom stereocenters. The number of aliphatic hydroxyl groups is 1. The fourth-order valence-corrected chi connectivity index (χ4v) is 8.20. The highest BCUT2D eigenvalue weighted by Gasteiger charge is 2.68. The molecule has 0 spiro atoms. The van der Waals surface area contributed by atoms with Crippen LogP contribution in [0.5, 0.6) is 5.75 Å². The Labute approximate surface area is 261 Å². The number of hydrogen-bond donors (Lipinski definition) is 1. The Bertz CT molecular complexity index is 1750. The van der Waals surface area contributed by atoms with E-state index in [0.29, 0.717) is 23.5 Å². The van der Waals surface area contributed by atoms with Gasteiger partial charge >= 0.3 is 0 Å². The highest BCUT2D eigenvalue weighted by molar-refractivity contribution is 6.25. The highest BCUT2D eigenvalue weighted by atomic mass is 16.5. The first kappa shape index (κ1) is 28.9. The molecule has 1 saturated carbocycles. The molecule has 2 aliphatic heterocycles. The number of benzene rings is 3. The van der Waals surface area contributed by atoms with Gasteiger partial charge in [-0.3, -0.25) is 24.1 Å². The van der Waals surface area contributed by atoms with E-state index in [1.54, 1.807) is 48.5 Å². The van der Waals surface area contributed by atoms with Crippen LogP contribution in [0.15, 0.2) is 97.1 Å². The van der Waals surface area contributed by atoms with Crippen molar-refractivity contribution >= 4 is 41.1 Å². The summed E-state index contributed by atoms with van der Waals surface area (Å²) in [5.74, 6) is -3.60. The third-order valence-electron chi connectivity index (χ3n) is 10.3. The van der Waals surface area contributed by atoms with E-state index in [9.17, 15) is 24.3 Å². The van der Waals surface area contributed by atoms with Crippen LogP contribution >= 0.6 is 0 Å². The Hall–Kier alpha value is -4.82. The van der Waals surface area contributed by atoms with Gasteiger partial charge in [0, 0.05) is 11.5 Å². The maximum Gasteiger partial charge on any atom is 0.241 e. The molecule has 4 aliphatic rings. The number of hydrogen-bond acceptors (Lipinski definition) is 6. The van der Waals surface area contributed by atoms with E-state index in [-0.39, 0.29) is 43.3 Å². The van der Waals surface area contributed by atoms with Crippen molar-refractivity contribution in [3.8, 4) is 5.75 Å². The fraction of sp³-hybridized carbons (Fsp3) is 0.297. The SMILES string of the molecule is C=Cc1ccc(N2C(=O)[C@H]3[C@H](CC=C4[C@H]3C[C@H]3C(=O)N(c5ccccc5)C(=O)[C@@]3(C)[C@H]4c3ccccc3OCCO)C2=O)cc1. The van der Waals surface area contributed by atoms with Crippen LogP contribution in [0.1, 0.15) is 36.8 Å². The molecule has 3 aromatic carbocycles. The maximum atomic E-state index is 14.6. The van der Waals surface area contributed by atoms with Crippen molar-refractivity contribution in [2.45, 2.75) is 25.7 Å². The van der Waals surface area contributed by atoms with Crippen LogP contribution in [0.25, 0.3) is 6.08 Å². The molecule has 8 heteroatoms. The molecule has 4 amide bonds. The van der Waals surface area contributed by atoms with Gasteiger partial charge < -0.3 is 9.84 Å². The van der Waals surface area contributed by atoms with Gasteiger partial charge in [0.15, 0.2) is 0 Å². The van der Waals surface area contributed by atoms with Crippen LogP contribution in [0.4, 0.5) is 11.4 Å². The van der Waals surface area contributed by atoms with E-state index in [4.69, 9.17) is 4.74 Å². The third-order valence-corrected chi connectivity index (χ3v) is 10.3. The van der Waals surface area contributed by atoms with Crippen molar-refractivity contribution in [3.63, 3.8) is 0 Å². The van der Waals surface area contributed by atoms with E-state index < -0.39 is 35.0 Å². The normalized spacial score (nSPS) is 28.8. The monoisotopic (exact) mass is 602 g/mol. The standard InChI is InChI=1S/C37H34N2O6/c1-3-22-13-15-24(16-14-22)38-33(41)27-18-17-25-28(31(27)35(38)43)21-29-34(42)39(23-9-5-4-6-10-23)36(44)37(29,2)32(25)26-11-7-8-12-30(26)45-20-19-40/h3-17,27-29,31-32,40H,1,18-21H2,2H3/t27-,28+,29-,31-,32+,37+/m0/s1.